The first-order chi connectivity index (χ1) is 6.18. The topological polar surface area (TPSA) is 64.4 Å². The second-order valence-electron chi connectivity index (χ2n) is 2.68. The van der Waals surface area contributed by atoms with E-state index in [1.54, 1.807) is 0 Å². The molecule has 0 spiro atoms. The summed E-state index contributed by atoms with van der Waals surface area (Å²) < 4.78 is 1.24. The van der Waals surface area contributed by atoms with Crippen molar-refractivity contribution in [3.8, 4) is 0 Å². The predicted octanol–water partition coefficient (Wildman–Crippen LogP) is 1.11. The Balaban J connectivity index is 2.46. The van der Waals surface area contributed by atoms with Crippen LogP contribution in [0.2, 0.25) is 0 Å². The Morgan fingerprint density at radius 2 is 1.85 bits per heavy atom. The number of nitrogens with zero attached hydrogens (tertiary/aromatic N) is 1. The minimum atomic E-state index is 0.158. The zero-order valence-corrected chi connectivity index (χ0v) is 9.36. The number of hydrogen-bond donors (Lipinski definition) is 2. The van der Waals surface area contributed by atoms with Gasteiger partial charge in [0.2, 0.25) is 0 Å². The van der Waals surface area contributed by atoms with Crippen LogP contribution < -0.4 is 11.5 Å². The second kappa shape index (κ2) is 5.06. The fourth-order valence-corrected chi connectivity index (χ4v) is 1.32. The third-order valence-electron chi connectivity index (χ3n) is 1.61. The van der Waals surface area contributed by atoms with Gasteiger partial charge in [-0.25, -0.2) is 0 Å². The minimum Gasteiger partial charge on any atom is -0.370 e. The van der Waals surface area contributed by atoms with Gasteiger partial charge in [0.25, 0.3) is 0 Å². The van der Waals surface area contributed by atoms with Gasteiger partial charge in [0.1, 0.15) is 0 Å². The highest BCUT2D eigenvalue weighted by Gasteiger charge is 1.91. The molecule has 4 heteroatoms. The third-order valence-corrected chi connectivity index (χ3v) is 2.33. The van der Waals surface area contributed by atoms with Crippen LogP contribution in [0.3, 0.4) is 0 Å². The molecule has 1 aromatic rings. The first-order valence-electron chi connectivity index (χ1n) is 3.98. The largest absolute Gasteiger partial charge is 0.370 e. The number of benzene rings is 1. The molecule has 0 fully saturated rings. The summed E-state index contributed by atoms with van der Waals surface area (Å²) in [5, 5.41) is 0. The quantitative estimate of drug-likeness (QED) is 0.497. The molecule has 0 saturated carbocycles. The molecule has 0 aliphatic heterocycles. The monoisotopic (exact) mass is 289 g/mol. The van der Waals surface area contributed by atoms with E-state index in [1.165, 1.54) is 9.13 Å². The molecule has 3 nitrogen and oxygen atoms in total. The van der Waals surface area contributed by atoms with Crippen LogP contribution in [-0.2, 0) is 6.42 Å². The van der Waals surface area contributed by atoms with Gasteiger partial charge >= 0.3 is 0 Å². The fourth-order valence-electron chi connectivity index (χ4n) is 0.965. The second-order valence-corrected chi connectivity index (χ2v) is 3.93. The highest BCUT2D eigenvalue weighted by atomic mass is 127. The van der Waals surface area contributed by atoms with Gasteiger partial charge in [-0.1, -0.05) is 12.1 Å². The molecule has 4 N–H and O–H groups in total. The number of hydrogen-bond acceptors (Lipinski definition) is 1. The van der Waals surface area contributed by atoms with Gasteiger partial charge in [-0.15, -0.1) is 0 Å². The van der Waals surface area contributed by atoms with E-state index >= 15 is 0 Å². The molecule has 0 radical (unpaired) electrons. The van der Waals surface area contributed by atoms with E-state index in [0.29, 0.717) is 6.54 Å². The summed E-state index contributed by atoms with van der Waals surface area (Å²) in [5.41, 5.74) is 11.7. The van der Waals surface area contributed by atoms with E-state index < -0.39 is 0 Å². The van der Waals surface area contributed by atoms with Crippen molar-refractivity contribution < 1.29 is 0 Å². The summed E-state index contributed by atoms with van der Waals surface area (Å²) in [4.78, 5) is 3.91. The molecule has 0 amide bonds. The summed E-state index contributed by atoms with van der Waals surface area (Å²) in [6.07, 6.45) is 0.884. The Bertz CT molecular complexity index is 288. The molecule has 0 aliphatic carbocycles. The molecule has 1 rings (SSSR count). The first-order valence-corrected chi connectivity index (χ1v) is 5.06. The molecule has 1 aromatic carbocycles. The van der Waals surface area contributed by atoms with Gasteiger partial charge in [0.05, 0.1) is 0 Å². The van der Waals surface area contributed by atoms with Crippen molar-refractivity contribution in [2.75, 3.05) is 6.54 Å². The van der Waals surface area contributed by atoms with Crippen molar-refractivity contribution in [1.29, 1.82) is 0 Å². The first kappa shape index (κ1) is 10.3. The standard InChI is InChI=1S/C9H12IN3/c10-8-3-1-7(2-4-8)5-6-13-9(11)12/h1-4H,5-6H2,(H4,11,12,13). The fraction of sp³-hybridized carbons (Fsp3) is 0.222. The Morgan fingerprint density at radius 1 is 1.23 bits per heavy atom. The smallest absolute Gasteiger partial charge is 0.185 e. The van der Waals surface area contributed by atoms with Crippen LogP contribution >= 0.6 is 22.6 Å². The van der Waals surface area contributed by atoms with Gasteiger partial charge in [-0.05, 0) is 46.7 Å². The number of aliphatic imine (C=N–C) groups is 1. The van der Waals surface area contributed by atoms with Crippen molar-refractivity contribution in [2.24, 2.45) is 16.5 Å². The average molecular weight is 289 g/mol. The number of nitrogens with two attached hydrogens (primary N) is 2. The molecule has 0 aliphatic rings. The van der Waals surface area contributed by atoms with Crippen molar-refractivity contribution in [1.82, 2.24) is 0 Å². The van der Waals surface area contributed by atoms with Gasteiger partial charge in [-0.2, -0.15) is 0 Å². The summed E-state index contributed by atoms with van der Waals surface area (Å²) in [5.74, 6) is 0.158. The van der Waals surface area contributed by atoms with E-state index in [-0.39, 0.29) is 5.96 Å². The number of guanidine groups is 1. The molecule has 0 saturated heterocycles. The van der Waals surface area contributed by atoms with Crippen molar-refractivity contribution in [3.63, 3.8) is 0 Å². The Labute approximate surface area is 91.4 Å². The number of rotatable bonds is 3. The van der Waals surface area contributed by atoms with Crippen LogP contribution in [0.1, 0.15) is 5.56 Å². The van der Waals surface area contributed by atoms with Gasteiger partial charge < -0.3 is 11.5 Å². The lowest BCUT2D eigenvalue weighted by Gasteiger charge is -1.98. The van der Waals surface area contributed by atoms with E-state index in [9.17, 15) is 0 Å². The maximum Gasteiger partial charge on any atom is 0.185 e. The van der Waals surface area contributed by atoms with Crippen LogP contribution in [0.4, 0.5) is 0 Å². The van der Waals surface area contributed by atoms with E-state index in [0.717, 1.165) is 6.42 Å². The Kier molecular flexibility index (Phi) is 4.01. The maximum atomic E-state index is 5.21. The molecule has 13 heavy (non-hydrogen) atoms. The molecule has 0 heterocycles. The minimum absolute atomic E-state index is 0.158. The van der Waals surface area contributed by atoms with E-state index in [2.05, 4.69) is 51.8 Å². The Hall–Kier alpha value is -0.780. The van der Waals surface area contributed by atoms with Crippen LogP contribution in [-0.4, -0.2) is 12.5 Å². The zero-order chi connectivity index (χ0) is 9.68. The van der Waals surface area contributed by atoms with E-state index in [4.69, 9.17) is 11.5 Å². The molecule has 0 atom stereocenters. The van der Waals surface area contributed by atoms with Crippen LogP contribution in [0.25, 0.3) is 0 Å². The SMILES string of the molecule is NC(N)=NCCc1ccc(I)cc1. The Morgan fingerprint density at radius 3 is 2.38 bits per heavy atom. The number of halogens is 1. The molecule has 0 unspecified atom stereocenters. The zero-order valence-electron chi connectivity index (χ0n) is 7.20. The van der Waals surface area contributed by atoms with E-state index in [1.807, 2.05) is 0 Å². The van der Waals surface area contributed by atoms with Gasteiger partial charge in [0, 0.05) is 10.1 Å². The molecule has 0 aromatic heterocycles. The lowest BCUT2D eigenvalue weighted by molar-refractivity contribution is 0.962. The normalized spacial score (nSPS) is 9.62. The van der Waals surface area contributed by atoms with Gasteiger partial charge in [-0.3, -0.25) is 4.99 Å². The lowest BCUT2D eigenvalue weighted by atomic mass is 10.2. The summed E-state index contributed by atoms with van der Waals surface area (Å²) in [7, 11) is 0. The summed E-state index contributed by atoms with van der Waals surface area (Å²) >= 11 is 2.28. The molecule has 70 valence electrons. The average Bonchev–Trinajstić information content (AvgIpc) is 2.08. The van der Waals surface area contributed by atoms with Gasteiger partial charge in [0.15, 0.2) is 5.96 Å². The van der Waals surface area contributed by atoms with Crippen molar-refractivity contribution in [2.45, 2.75) is 6.42 Å². The van der Waals surface area contributed by atoms with Crippen LogP contribution in [0.15, 0.2) is 29.3 Å². The van der Waals surface area contributed by atoms with Crippen molar-refractivity contribution in [3.05, 3.63) is 33.4 Å². The summed E-state index contributed by atoms with van der Waals surface area (Å²) in [6, 6.07) is 8.32. The summed E-state index contributed by atoms with van der Waals surface area (Å²) in [6.45, 7) is 0.656. The highest BCUT2D eigenvalue weighted by Crippen LogP contribution is 2.07. The molecular weight excluding hydrogens is 277 g/mol. The highest BCUT2D eigenvalue weighted by molar-refractivity contribution is 14.1. The molecule has 0 bridgehead atoms. The van der Waals surface area contributed by atoms with Crippen LogP contribution in [0.5, 0.6) is 0 Å². The maximum absolute atomic E-state index is 5.21. The molecular formula is C9H12IN3. The lowest BCUT2D eigenvalue weighted by Crippen LogP contribution is -2.23. The van der Waals surface area contributed by atoms with Crippen molar-refractivity contribution >= 4 is 28.6 Å². The predicted molar refractivity (Wildman–Crippen MR) is 63.5 cm³/mol. The van der Waals surface area contributed by atoms with Crippen LogP contribution in [0, 0.1) is 3.57 Å². The third kappa shape index (κ3) is 4.12.